The molecule has 2 rings (SSSR count). The van der Waals surface area contributed by atoms with Crippen molar-refractivity contribution >= 4 is 27.3 Å². The maximum atomic E-state index is 14.1. The van der Waals surface area contributed by atoms with Crippen LogP contribution in [0.5, 0.6) is 0 Å². The van der Waals surface area contributed by atoms with E-state index in [4.69, 9.17) is 0 Å². The molecule has 1 atom stereocenters. The first-order valence-electron chi connectivity index (χ1n) is 6.27. The predicted octanol–water partition coefficient (Wildman–Crippen LogP) is 4.33. The maximum absolute atomic E-state index is 14.1. The van der Waals surface area contributed by atoms with E-state index in [2.05, 4.69) is 33.2 Å². The van der Waals surface area contributed by atoms with Crippen LogP contribution in [0.3, 0.4) is 0 Å². The molecule has 0 aliphatic carbocycles. The number of thiazole rings is 1. The summed E-state index contributed by atoms with van der Waals surface area (Å²) in [5.41, 5.74) is 0.701. The summed E-state index contributed by atoms with van der Waals surface area (Å²) in [7, 11) is 0. The van der Waals surface area contributed by atoms with E-state index >= 15 is 0 Å². The molecule has 1 aromatic carbocycles. The van der Waals surface area contributed by atoms with Gasteiger partial charge in [-0.2, -0.15) is 0 Å². The zero-order valence-corrected chi connectivity index (χ0v) is 13.1. The lowest BCUT2D eigenvalue weighted by molar-refractivity contribution is 0.496. The van der Waals surface area contributed by atoms with Gasteiger partial charge in [-0.1, -0.05) is 28.9 Å². The molecule has 19 heavy (non-hydrogen) atoms. The van der Waals surface area contributed by atoms with Crippen LogP contribution in [0.1, 0.15) is 30.0 Å². The Morgan fingerprint density at radius 2 is 2.32 bits per heavy atom. The molecule has 1 unspecified atom stereocenters. The molecule has 1 aromatic heterocycles. The van der Waals surface area contributed by atoms with Gasteiger partial charge in [0.05, 0.1) is 5.01 Å². The van der Waals surface area contributed by atoms with Gasteiger partial charge in [0.25, 0.3) is 0 Å². The van der Waals surface area contributed by atoms with E-state index in [9.17, 15) is 4.39 Å². The molecule has 102 valence electrons. The van der Waals surface area contributed by atoms with Gasteiger partial charge in [-0.3, -0.25) is 0 Å². The second kappa shape index (κ2) is 7.12. The van der Waals surface area contributed by atoms with E-state index in [-0.39, 0.29) is 11.9 Å². The summed E-state index contributed by atoms with van der Waals surface area (Å²) >= 11 is 4.89. The lowest BCUT2D eigenvalue weighted by Gasteiger charge is -2.18. The third-order valence-corrected chi connectivity index (χ3v) is 4.14. The number of halogens is 2. The number of benzene rings is 1. The van der Waals surface area contributed by atoms with Crippen molar-refractivity contribution < 1.29 is 4.39 Å². The van der Waals surface area contributed by atoms with Crippen molar-refractivity contribution in [1.29, 1.82) is 0 Å². The lowest BCUT2D eigenvalue weighted by atomic mass is 10.0. The van der Waals surface area contributed by atoms with Gasteiger partial charge in [0.1, 0.15) is 5.82 Å². The Kier molecular flexibility index (Phi) is 5.48. The van der Waals surface area contributed by atoms with Crippen LogP contribution in [-0.2, 0) is 6.42 Å². The SMILES string of the molecule is CCCNC(Cc1nccs1)c1ccc(Br)cc1F. The zero-order valence-electron chi connectivity index (χ0n) is 10.7. The summed E-state index contributed by atoms with van der Waals surface area (Å²) < 4.78 is 14.8. The van der Waals surface area contributed by atoms with E-state index in [1.54, 1.807) is 17.5 Å². The number of rotatable bonds is 6. The fraction of sp³-hybridized carbons (Fsp3) is 0.357. The molecule has 5 heteroatoms. The molecule has 1 heterocycles. The van der Waals surface area contributed by atoms with Gasteiger partial charge in [0.15, 0.2) is 0 Å². The molecule has 0 bridgehead atoms. The standard InChI is InChI=1S/C14H16BrFN2S/c1-2-5-17-13(9-14-18-6-7-19-14)11-4-3-10(15)8-12(11)16/h3-4,6-8,13,17H,2,5,9H2,1H3. The molecule has 2 aromatic rings. The number of hydrogen-bond donors (Lipinski definition) is 1. The van der Waals surface area contributed by atoms with Crippen molar-refractivity contribution in [2.75, 3.05) is 6.54 Å². The van der Waals surface area contributed by atoms with E-state index < -0.39 is 0 Å². The minimum atomic E-state index is -0.181. The highest BCUT2D eigenvalue weighted by Crippen LogP contribution is 2.24. The lowest BCUT2D eigenvalue weighted by Crippen LogP contribution is -2.25. The molecule has 0 saturated carbocycles. The molecular weight excluding hydrogens is 327 g/mol. The van der Waals surface area contributed by atoms with Crippen LogP contribution in [0.4, 0.5) is 4.39 Å². The maximum Gasteiger partial charge on any atom is 0.129 e. The number of nitrogens with zero attached hydrogens (tertiary/aromatic N) is 1. The molecule has 2 nitrogen and oxygen atoms in total. The Labute approximate surface area is 125 Å². The fourth-order valence-electron chi connectivity index (χ4n) is 1.92. The molecule has 0 spiro atoms. The molecule has 0 aliphatic rings. The van der Waals surface area contributed by atoms with E-state index in [1.165, 1.54) is 6.07 Å². The van der Waals surface area contributed by atoms with Gasteiger partial charge >= 0.3 is 0 Å². The smallest absolute Gasteiger partial charge is 0.129 e. The molecule has 0 radical (unpaired) electrons. The van der Waals surface area contributed by atoms with Crippen LogP contribution in [0.25, 0.3) is 0 Å². The van der Waals surface area contributed by atoms with E-state index in [1.807, 2.05) is 17.5 Å². The van der Waals surface area contributed by atoms with Crippen molar-refractivity contribution in [3.8, 4) is 0 Å². The molecule has 0 fully saturated rings. The van der Waals surface area contributed by atoms with Crippen molar-refractivity contribution in [1.82, 2.24) is 10.3 Å². The summed E-state index contributed by atoms with van der Waals surface area (Å²) in [5.74, 6) is -0.181. The predicted molar refractivity (Wildman–Crippen MR) is 81.0 cm³/mol. The number of aromatic nitrogens is 1. The Bertz CT molecular complexity index is 516. The monoisotopic (exact) mass is 342 g/mol. The van der Waals surface area contributed by atoms with E-state index in [0.29, 0.717) is 5.56 Å². The summed E-state index contributed by atoms with van der Waals surface area (Å²) in [6.07, 6.45) is 3.53. The molecule has 0 saturated heterocycles. The van der Waals surface area contributed by atoms with E-state index in [0.717, 1.165) is 28.9 Å². The first-order chi connectivity index (χ1) is 9.20. The van der Waals surface area contributed by atoms with Crippen LogP contribution < -0.4 is 5.32 Å². The topological polar surface area (TPSA) is 24.9 Å². The van der Waals surface area contributed by atoms with Gasteiger partial charge in [0, 0.05) is 34.1 Å². The first-order valence-corrected chi connectivity index (χ1v) is 7.94. The van der Waals surface area contributed by atoms with Crippen LogP contribution in [0.2, 0.25) is 0 Å². The first kappa shape index (κ1) is 14.6. The van der Waals surface area contributed by atoms with Crippen LogP contribution in [0, 0.1) is 5.82 Å². The van der Waals surface area contributed by atoms with Gasteiger partial charge in [-0.05, 0) is 25.1 Å². The largest absolute Gasteiger partial charge is 0.309 e. The Morgan fingerprint density at radius 3 is 2.95 bits per heavy atom. The highest BCUT2D eigenvalue weighted by atomic mass is 79.9. The molecule has 0 aliphatic heterocycles. The Balaban J connectivity index is 2.20. The summed E-state index contributed by atoms with van der Waals surface area (Å²) in [4.78, 5) is 4.28. The number of nitrogens with one attached hydrogen (secondary N) is 1. The highest BCUT2D eigenvalue weighted by molar-refractivity contribution is 9.10. The average molecular weight is 343 g/mol. The van der Waals surface area contributed by atoms with Crippen molar-refractivity contribution in [3.63, 3.8) is 0 Å². The van der Waals surface area contributed by atoms with Crippen LogP contribution >= 0.6 is 27.3 Å². The van der Waals surface area contributed by atoms with Gasteiger partial charge < -0.3 is 5.32 Å². The van der Waals surface area contributed by atoms with Crippen LogP contribution in [0.15, 0.2) is 34.2 Å². The highest BCUT2D eigenvalue weighted by Gasteiger charge is 2.17. The number of hydrogen-bond acceptors (Lipinski definition) is 3. The second-order valence-corrected chi connectivity index (χ2v) is 6.20. The fourth-order valence-corrected chi connectivity index (χ4v) is 2.92. The van der Waals surface area contributed by atoms with Crippen molar-refractivity contribution in [2.45, 2.75) is 25.8 Å². The van der Waals surface area contributed by atoms with Gasteiger partial charge in [-0.15, -0.1) is 11.3 Å². The normalized spacial score (nSPS) is 12.6. The third-order valence-electron chi connectivity index (χ3n) is 2.84. The summed E-state index contributed by atoms with van der Waals surface area (Å²) in [5, 5.41) is 6.37. The Hall–Kier alpha value is -0.780. The zero-order chi connectivity index (χ0) is 13.7. The second-order valence-electron chi connectivity index (χ2n) is 4.30. The summed E-state index contributed by atoms with van der Waals surface area (Å²) in [6.45, 7) is 2.97. The molecule has 1 N–H and O–H groups in total. The van der Waals surface area contributed by atoms with Gasteiger partial charge in [-0.25, -0.2) is 9.37 Å². The van der Waals surface area contributed by atoms with Crippen molar-refractivity contribution in [3.05, 3.63) is 50.6 Å². The quantitative estimate of drug-likeness (QED) is 0.845. The Morgan fingerprint density at radius 1 is 1.47 bits per heavy atom. The van der Waals surface area contributed by atoms with Crippen molar-refractivity contribution in [2.24, 2.45) is 0 Å². The van der Waals surface area contributed by atoms with Gasteiger partial charge in [0.2, 0.25) is 0 Å². The molecule has 0 amide bonds. The minimum absolute atomic E-state index is 0.0285. The average Bonchev–Trinajstić information content (AvgIpc) is 2.88. The summed E-state index contributed by atoms with van der Waals surface area (Å²) in [6, 6.07) is 5.19. The minimum Gasteiger partial charge on any atom is -0.309 e. The van der Waals surface area contributed by atoms with Crippen LogP contribution in [-0.4, -0.2) is 11.5 Å². The third kappa shape index (κ3) is 4.09. The molecular formula is C14H16BrFN2S.